The lowest BCUT2D eigenvalue weighted by Crippen LogP contribution is -2.34. The zero-order valence-corrected chi connectivity index (χ0v) is 15.7. The van der Waals surface area contributed by atoms with E-state index in [1.54, 1.807) is 6.92 Å². The van der Waals surface area contributed by atoms with Crippen molar-refractivity contribution in [3.05, 3.63) is 65.6 Å². The number of carbonyl (C=O) groups excluding carboxylic acids is 1. The summed E-state index contributed by atoms with van der Waals surface area (Å²) in [5.41, 5.74) is 5.37. The van der Waals surface area contributed by atoms with E-state index >= 15 is 0 Å². The fourth-order valence-electron chi connectivity index (χ4n) is 4.20. The molecule has 3 aromatic rings. The van der Waals surface area contributed by atoms with Gasteiger partial charge < -0.3 is 15.2 Å². The van der Waals surface area contributed by atoms with Crippen LogP contribution in [0.5, 0.6) is 0 Å². The molecule has 27 heavy (non-hydrogen) atoms. The van der Waals surface area contributed by atoms with Crippen molar-refractivity contribution < 1.29 is 4.79 Å². The molecule has 1 aliphatic rings. The van der Waals surface area contributed by atoms with Crippen LogP contribution in [0, 0.1) is 0 Å². The number of carbonyl (C=O) groups is 1. The van der Waals surface area contributed by atoms with Gasteiger partial charge in [-0.25, -0.2) is 0 Å². The van der Waals surface area contributed by atoms with Crippen molar-refractivity contribution in [2.75, 3.05) is 13.1 Å². The number of benzene rings is 1. The summed E-state index contributed by atoms with van der Waals surface area (Å²) in [5.74, 6) is 0.0202. The van der Waals surface area contributed by atoms with Gasteiger partial charge in [-0.3, -0.25) is 9.78 Å². The van der Waals surface area contributed by atoms with Crippen LogP contribution in [-0.4, -0.2) is 28.5 Å². The van der Waals surface area contributed by atoms with Gasteiger partial charge in [-0.2, -0.15) is 0 Å². The Kier molecular flexibility index (Phi) is 5.21. The number of fused-ring (bicyclic) bond motifs is 3. The molecule has 2 aromatic heterocycles. The standard InChI is InChI=1S/C22H26N4O/c1-16(27)24-12-13-25-20-9-4-8-19-18-7-2-3-10-21(18)26(22(19)20)15-17-6-5-11-23-14-17/h2-3,5-7,10-11,14,20,25H,4,8-9,12-13,15H2,1H3,(H,24,27). The summed E-state index contributed by atoms with van der Waals surface area (Å²) < 4.78 is 2.46. The summed E-state index contributed by atoms with van der Waals surface area (Å²) >= 11 is 0. The first kappa shape index (κ1) is 17.7. The molecule has 4 rings (SSSR count). The maximum Gasteiger partial charge on any atom is 0.216 e. The number of hydrogen-bond donors (Lipinski definition) is 2. The first-order valence-electron chi connectivity index (χ1n) is 9.71. The molecule has 1 atom stereocenters. The molecule has 1 unspecified atom stereocenters. The summed E-state index contributed by atoms with van der Waals surface area (Å²) in [7, 11) is 0. The van der Waals surface area contributed by atoms with Crippen molar-refractivity contribution in [3.8, 4) is 0 Å². The van der Waals surface area contributed by atoms with Crippen molar-refractivity contribution in [1.29, 1.82) is 0 Å². The monoisotopic (exact) mass is 362 g/mol. The van der Waals surface area contributed by atoms with Crippen LogP contribution in [0.15, 0.2) is 48.8 Å². The molecule has 2 heterocycles. The number of para-hydroxylation sites is 1. The number of nitrogens with zero attached hydrogens (tertiary/aromatic N) is 2. The van der Waals surface area contributed by atoms with Crippen LogP contribution in [0.2, 0.25) is 0 Å². The molecule has 1 aromatic carbocycles. The van der Waals surface area contributed by atoms with Crippen molar-refractivity contribution in [2.45, 2.75) is 38.8 Å². The summed E-state index contributed by atoms with van der Waals surface area (Å²) in [6.07, 6.45) is 7.20. The lowest BCUT2D eigenvalue weighted by Gasteiger charge is -2.27. The van der Waals surface area contributed by atoms with Crippen molar-refractivity contribution in [2.24, 2.45) is 0 Å². The molecule has 140 valence electrons. The molecule has 0 aliphatic heterocycles. The molecular weight excluding hydrogens is 336 g/mol. The van der Waals surface area contributed by atoms with Crippen LogP contribution < -0.4 is 10.6 Å². The zero-order chi connectivity index (χ0) is 18.6. The predicted octanol–water partition coefficient (Wildman–Crippen LogP) is 3.19. The van der Waals surface area contributed by atoms with Crippen LogP contribution in [0.3, 0.4) is 0 Å². The molecule has 2 N–H and O–H groups in total. The minimum Gasteiger partial charge on any atom is -0.355 e. The third kappa shape index (κ3) is 3.74. The van der Waals surface area contributed by atoms with Crippen molar-refractivity contribution in [1.82, 2.24) is 20.2 Å². The Labute approximate surface area is 159 Å². The van der Waals surface area contributed by atoms with Crippen molar-refractivity contribution >= 4 is 16.8 Å². The highest BCUT2D eigenvalue weighted by Crippen LogP contribution is 2.37. The zero-order valence-electron chi connectivity index (χ0n) is 15.7. The molecule has 0 saturated heterocycles. The highest BCUT2D eigenvalue weighted by atomic mass is 16.1. The number of aryl methyl sites for hydroxylation is 1. The maximum atomic E-state index is 11.1. The molecule has 0 bridgehead atoms. The molecule has 5 heteroatoms. The second-order valence-electron chi connectivity index (χ2n) is 7.21. The van der Waals surface area contributed by atoms with Gasteiger partial charge >= 0.3 is 0 Å². The summed E-state index contributed by atoms with van der Waals surface area (Å²) in [4.78, 5) is 15.4. The molecule has 0 fully saturated rings. The summed E-state index contributed by atoms with van der Waals surface area (Å²) in [6, 6.07) is 13.2. The van der Waals surface area contributed by atoms with Gasteiger partial charge in [-0.1, -0.05) is 24.3 Å². The van der Waals surface area contributed by atoms with Gasteiger partial charge in [-0.15, -0.1) is 0 Å². The van der Waals surface area contributed by atoms with Crippen LogP contribution in [0.4, 0.5) is 0 Å². The van der Waals surface area contributed by atoms with Gasteiger partial charge in [0.15, 0.2) is 0 Å². The fourth-order valence-corrected chi connectivity index (χ4v) is 4.20. The first-order valence-corrected chi connectivity index (χ1v) is 9.71. The summed E-state index contributed by atoms with van der Waals surface area (Å²) in [6.45, 7) is 3.82. The second kappa shape index (κ2) is 7.92. The average molecular weight is 362 g/mol. The van der Waals surface area contributed by atoms with Crippen LogP contribution in [-0.2, 0) is 17.8 Å². The molecule has 1 aliphatic carbocycles. The Bertz CT molecular complexity index is 932. The quantitative estimate of drug-likeness (QED) is 0.662. The number of amides is 1. The molecule has 1 amide bonds. The summed E-state index contributed by atoms with van der Waals surface area (Å²) in [5, 5.41) is 7.91. The highest BCUT2D eigenvalue weighted by Gasteiger charge is 2.27. The van der Waals surface area contributed by atoms with Gasteiger partial charge in [0.05, 0.1) is 0 Å². The Balaban J connectivity index is 1.68. The third-order valence-corrected chi connectivity index (χ3v) is 5.32. The number of aromatic nitrogens is 2. The topological polar surface area (TPSA) is 59.0 Å². The normalized spacial score (nSPS) is 16.3. The van der Waals surface area contributed by atoms with E-state index in [2.05, 4.69) is 50.5 Å². The van der Waals surface area contributed by atoms with Crippen molar-refractivity contribution in [3.63, 3.8) is 0 Å². The maximum absolute atomic E-state index is 11.1. The van der Waals surface area contributed by atoms with Gasteiger partial charge in [0.2, 0.25) is 5.91 Å². The molecule has 0 radical (unpaired) electrons. The van der Waals surface area contributed by atoms with Gasteiger partial charge in [0.25, 0.3) is 0 Å². The molecule has 0 spiro atoms. The molecule has 0 saturated carbocycles. The van der Waals surface area contributed by atoms with E-state index in [9.17, 15) is 4.79 Å². The minimum absolute atomic E-state index is 0.0202. The number of hydrogen-bond acceptors (Lipinski definition) is 3. The lowest BCUT2D eigenvalue weighted by atomic mass is 9.91. The van der Waals surface area contributed by atoms with E-state index in [-0.39, 0.29) is 5.91 Å². The number of nitrogens with one attached hydrogen (secondary N) is 2. The smallest absolute Gasteiger partial charge is 0.216 e. The Morgan fingerprint density at radius 3 is 2.93 bits per heavy atom. The first-order chi connectivity index (χ1) is 13.2. The number of pyridine rings is 1. The Morgan fingerprint density at radius 1 is 1.22 bits per heavy atom. The van der Waals surface area contributed by atoms with Crippen LogP contribution in [0.1, 0.15) is 42.6 Å². The largest absolute Gasteiger partial charge is 0.355 e. The van der Waals surface area contributed by atoms with E-state index in [1.165, 1.54) is 34.1 Å². The van der Waals surface area contributed by atoms with Gasteiger partial charge in [0, 0.05) is 61.6 Å². The van der Waals surface area contributed by atoms with Gasteiger partial charge in [0.1, 0.15) is 0 Å². The molecular formula is C22H26N4O. The molecule has 5 nitrogen and oxygen atoms in total. The van der Waals surface area contributed by atoms with E-state index in [4.69, 9.17) is 0 Å². The fraction of sp³-hybridized carbons (Fsp3) is 0.364. The van der Waals surface area contributed by atoms with Crippen LogP contribution in [0.25, 0.3) is 10.9 Å². The van der Waals surface area contributed by atoms with E-state index < -0.39 is 0 Å². The highest BCUT2D eigenvalue weighted by molar-refractivity contribution is 5.86. The number of rotatable bonds is 6. The average Bonchev–Trinajstić information content (AvgIpc) is 3.01. The lowest BCUT2D eigenvalue weighted by molar-refractivity contribution is -0.118. The third-order valence-electron chi connectivity index (χ3n) is 5.32. The van der Waals surface area contributed by atoms with E-state index in [0.29, 0.717) is 12.6 Å². The van der Waals surface area contributed by atoms with Crippen LogP contribution >= 0.6 is 0 Å². The van der Waals surface area contributed by atoms with Gasteiger partial charge in [-0.05, 0) is 42.5 Å². The predicted molar refractivity (Wildman–Crippen MR) is 108 cm³/mol. The SMILES string of the molecule is CC(=O)NCCNC1CCCc2c1n(Cc1cccnc1)c1ccccc21. The second-order valence-corrected chi connectivity index (χ2v) is 7.21. The minimum atomic E-state index is 0.0202. The Hall–Kier alpha value is -2.66. The Morgan fingerprint density at radius 2 is 2.11 bits per heavy atom. The van der Waals surface area contributed by atoms with E-state index in [1.807, 2.05) is 18.5 Å². The van der Waals surface area contributed by atoms with E-state index in [0.717, 1.165) is 25.9 Å².